The first-order chi connectivity index (χ1) is 17.9. The van der Waals surface area contributed by atoms with E-state index in [2.05, 4.69) is 5.32 Å². The first-order valence-electron chi connectivity index (χ1n) is 11.1. The Bertz CT molecular complexity index is 1530. The number of amides is 3. The van der Waals surface area contributed by atoms with Crippen molar-refractivity contribution in [2.45, 2.75) is 18.2 Å². The first kappa shape index (κ1) is 27.4. The summed E-state index contributed by atoms with van der Waals surface area (Å²) in [5.41, 5.74) is -0.864. The fourth-order valence-corrected chi connectivity index (χ4v) is 5.18. The van der Waals surface area contributed by atoms with Crippen LogP contribution in [0.4, 0.5) is 33.7 Å². The molecule has 1 saturated heterocycles. The van der Waals surface area contributed by atoms with Crippen molar-refractivity contribution in [1.82, 2.24) is 5.32 Å². The molecule has 1 aliphatic rings. The quantitative estimate of drug-likeness (QED) is 0.407. The molecule has 1 aliphatic heterocycles. The lowest BCUT2D eigenvalue weighted by molar-refractivity contribution is -0.118. The van der Waals surface area contributed by atoms with Gasteiger partial charge in [-0.25, -0.2) is 30.8 Å². The topological polar surface area (TPSA) is 95.6 Å². The lowest BCUT2D eigenvalue weighted by Gasteiger charge is -2.20. The average molecular weight is 570 g/mol. The van der Waals surface area contributed by atoms with Gasteiger partial charge in [0.1, 0.15) is 11.7 Å². The Balaban J connectivity index is 1.53. The van der Waals surface area contributed by atoms with Crippen molar-refractivity contribution in [3.8, 4) is 11.1 Å². The summed E-state index contributed by atoms with van der Waals surface area (Å²) in [5.74, 6) is -6.00. The molecule has 0 bridgehead atoms. The lowest BCUT2D eigenvalue weighted by Crippen LogP contribution is -2.43. The van der Waals surface area contributed by atoms with E-state index in [-0.39, 0.29) is 46.1 Å². The molecule has 0 saturated carbocycles. The number of anilines is 2. The molecule has 200 valence electrons. The second-order valence-electron chi connectivity index (χ2n) is 8.66. The molecule has 0 spiro atoms. The molecule has 0 radical (unpaired) electrons. The summed E-state index contributed by atoms with van der Waals surface area (Å²) >= 11 is 5.55. The Kier molecular flexibility index (Phi) is 7.65. The Morgan fingerprint density at radius 2 is 1.68 bits per heavy atom. The van der Waals surface area contributed by atoms with Crippen molar-refractivity contribution in [3.05, 3.63) is 82.4 Å². The Labute approximate surface area is 220 Å². The zero-order valence-corrected chi connectivity index (χ0v) is 21.3. The third-order valence-electron chi connectivity index (χ3n) is 5.83. The van der Waals surface area contributed by atoms with Gasteiger partial charge in [0.25, 0.3) is 0 Å². The smallest absolute Gasteiger partial charge is 0.320 e. The number of carbonyl (C=O) groups excluding carboxylic acids is 2. The molecule has 3 aromatic carbocycles. The molecule has 38 heavy (non-hydrogen) atoms. The van der Waals surface area contributed by atoms with Gasteiger partial charge in [0.05, 0.1) is 11.4 Å². The molecular weight excluding hydrogens is 550 g/mol. The molecule has 3 aromatic rings. The Morgan fingerprint density at radius 3 is 2.34 bits per heavy atom. The van der Waals surface area contributed by atoms with E-state index in [1.165, 1.54) is 24.3 Å². The van der Waals surface area contributed by atoms with Crippen LogP contribution in [-0.4, -0.2) is 39.2 Å². The fraction of sp³-hybridized carbons (Fsp3) is 0.200. The second kappa shape index (κ2) is 10.6. The highest BCUT2D eigenvalue weighted by molar-refractivity contribution is 7.89. The van der Waals surface area contributed by atoms with Crippen LogP contribution in [0.1, 0.15) is 12.0 Å². The minimum absolute atomic E-state index is 0.0117. The molecule has 3 amide bonds. The first-order valence-corrected chi connectivity index (χ1v) is 13.6. The Morgan fingerprint density at radius 1 is 1.03 bits per heavy atom. The maximum absolute atomic E-state index is 15.2. The highest BCUT2D eigenvalue weighted by atomic mass is 35.5. The fourth-order valence-electron chi connectivity index (χ4n) is 4.17. The van der Waals surface area contributed by atoms with Crippen molar-refractivity contribution < 1.29 is 35.6 Å². The van der Waals surface area contributed by atoms with E-state index in [1.54, 1.807) is 12.1 Å². The van der Waals surface area contributed by atoms with Gasteiger partial charge in [-0.1, -0.05) is 35.9 Å². The molecule has 0 unspecified atom stereocenters. The SMILES string of the molecule is CS(=O)(=O)Cc1ccccc1-c1ccc(N2CC[C@@H](NC(=O)Nc3c(F)cc(Cl)cc3F)C2=O)c(F)c1F. The maximum atomic E-state index is 15.2. The normalized spacial score (nSPS) is 15.6. The summed E-state index contributed by atoms with van der Waals surface area (Å²) in [6.45, 7) is -0.0756. The van der Waals surface area contributed by atoms with Crippen LogP contribution >= 0.6 is 11.6 Å². The van der Waals surface area contributed by atoms with E-state index in [4.69, 9.17) is 11.6 Å². The number of rotatable bonds is 6. The Hall–Kier alpha value is -3.64. The van der Waals surface area contributed by atoms with E-state index in [9.17, 15) is 26.8 Å². The summed E-state index contributed by atoms with van der Waals surface area (Å²) in [6, 6.07) is 7.84. The van der Waals surface area contributed by atoms with Gasteiger partial charge in [-0.15, -0.1) is 0 Å². The number of hydrogen-bond acceptors (Lipinski definition) is 4. The minimum atomic E-state index is -3.46. The van der Waals surface area contributed by atoms with Crippen molar-refractivity contribution >= 4 is 44.8 Å². The summed E-state index contributed by atoms with van der Waals surface area (Å²) in [6.07, 6.45) is 1.04. The number of hydrogen-bond donors (Lipinski definition) is 2. The molecule has 1 atom stereocenters. The zero-order valence-electron chi connectivity index (χ0n) is 19.7. The number of carbonyl (C=O) groups is 2. The van der Waals surface area contributed by atoms with E-state index in [1.807, 2.05) is 5.32 Å². The molecule has 13 heteroatoms. The van der Waals surface area contributed by atoms with Crippen LogP contribution in [0.5, 0.6) is 0 Å². The van der Waals surface area contributed by atoms with Gasteiger partial charge < -0.3 is 15.5 Å². The third-order valence-corrected chi connectivity index (χ3v) is 6.89. The number of halogens is 5. The van der Waals surface area contributed by atoms with Gasteiger partial charge in [0.2, 0.25) is 5.91 Å². The predicted molar refractivity (Wildman–Crippen MR) is 135 cm³/mol. The molecule has 2 N–H and O–H groups in total. The van der Waals surface area contributed by atoms with Crippen LogP contribution in [0.15, 0.2) is 48.5 Å². The largest absolute Gasteiger partial charge is 0.326 e. The van der Waals surface area contributed by atoms with Crippen LogP contribution in [0.3, 0.4) is 0 Å². The van der Waals surface area contributed by atoms with E-state index in [0.717, 1.165) is 23.3 Å². The summed E-state index contributed by atoms with van der Waals surface area (Å²) in [5, 5.41) is 4.02. The van der Waals surface area contributed by atoms with Crippen molar-refractivity contribution in [1.29, 1.82) is 0 Å². The number of benzene rings is 3. The summed E-state index contributed by atoms with van der Waals surface area (Å²) < 4.78 is 81.7. The monoisotopic (exact) mass is 569 g/mol. The van der Waals surface area contributed by atoms with Gasteiger partial charge in [-0.2, -0.15) is 0 Å². The van der Waals surface area contributed by atoms with Crippen molar-refractivity contribution in [2.75, 3.05) is 23.0 Å². The van der Waals surface area contributed by atoms with E-state index >= 15 is 8.78 Å². The average Bonchev–Trinajstić information content (AvgIpc) is 3.17. The second-order valence-corrected chi connectivity index (χ2v) is 11.2. The highest BCUT2D eigenvalue weighted by Gasteiger charge is 2.36. The van der Waals surface area contributed by atoms with Crippen LogP contribution in [-0.2, 0) is 20.4 Å². The number of nitrogens with zero attached hydrogens (tertiary/aromatic N) is 1. The minimum Gasteiger partial charge on any atom is -0.326 e. The standard InChI is InChI=1S/C25H20ClF4N3O4S/c1-38(36,37)12-13-4-2-3-5-15(13)16-6-7-20(22(30)21(16)29)33-9-8-19(24(33)34)31-25(35)32-23-17(27)10-14(26)11-18(23)28/h2-7,10-11,19H,8-9,12H2,1H3,(H2,31,32,35)/t19-/m1/s1. The molecule has 0 aromatic heterocycles. The number of urea groups is 1. The molecule has 7 nitrogen and oxygen atoms in total. The van der Waals surface area contributed by atoms with Crippen molar-refractivity contribution in [3.63, 3.8) is 0 Å². The predicted octanol–water partition coefficient (Wildman–Crippen LogP) is 5.04. The highest BCUT2D eigenvalue weighted by Crippen LogP contribution is 2.34. The summed E-state index contributed by atoms with van der Waals surface area (Å²) in [7, 11) is -3.46. The number of nitrogens with one attached hydrogen (secondary N) is 2. The van der Waals surface area contributed by atoms with E-state index < -0.39 is 56.8 Å². The molecule has 1 heterocycles. The van der Waals surface area contributed by atoms with Crippen LogP contribution < -0.4 is 15.5 Å². The maximum Gasteiger partial charge on any atom is 0.320 e. The van der Waals surface area contributed by atoms with Crippen LogP contribution in [0.25, 0.3) is 11.1 Å². The van der Waals surface area contributed by atoms with Gasteiger partial charge >= 0.3 is 6.03 Å². The zero-order chi connectivity index (χ0) is 27.8. The van der Waals surface area contributed by atoms with Crippen LogP contribution in [0.2, 0.25) is 5.02 Å². The van der Waals surface area contributed by atoms with Crippen molar-refractivity contribution in [2.24, 2.45) is 0 Å². The third kappa shape index (κ3) is 5.76. The van der Waals surface area contributed by atoms with E-state index in [0.29, 0.717) is 0 Å². The van der Waals surface area contributed by atoms with Gasteiger partial charge in [0.15, 0.2) is 33.1 Å². The lowest BCUT2D eigenvalue weighted by atomic mass is 9.99. The molecule has 0 aliphatic carbocycles. The van der Waals surface area contributed by atoms with Gasteiger partial charge in [0, 0.05) is 23.4 Å². The molecule has 4 rings (SSSR count). The molecule has 1 fully saturated rings. The number of sulfone groups is 1. The molecular formula is C25H20ClF4N3O4S. The van der Waals surface area contributed by atoms with Crippen LogP contribution in [0, 0.1) is 23.3 Å². The van der Waals surface area contributed by atoms with Gasteiger partial charge in [-0.3, -0.25) is 4.79 Å². The van der Waals surface area contributed by atoms with Gasteiger partial charge in [-0.05, 0) is 41.8 Å². The summed E-state index contributed by atoms with van der Waals surface area (Å²) in [4.78, 5) is 26.1.